The van der Waals surface area contributed by atoms with Crippen LogP contribution in [-0.4, -0.2) is 30.2 Å². The first-order valence-corrected chi connectivity index (χ1v) is 8.20. The van der Waals surface area contributed by atoms with Crippen molar-refractivity contribution < 1.29 is 0 Å². The lowest BCUT2D eigenvalue weighted by Gasteiger charge is -2.42. The van der Waals surface area contributed by atoms with Crippen LogP contribution in [0, 0.1) is 5.92 Å². The van der Waals surface area contributed by atoms with Gasteiger partial charge < -0.3 is 10.2 Å². The van der Waals surface area contributed by atoms with E-state index < -0.39 is 0 Å². The number of aromatic nitrogens is 1. The summed E-state index contributed by atoms with van der Waals surface area (Å²) >= 11 is 0. The summed E-state index contributed by atoms with van der Waals surface area (Å²) in [6.07, 6.45) is 5.87. The molecule has 1 saturated carbocycles. The van der Waals surface area contributed by atoms with Crippen LogP contribution in [0.1, 0.15) is 26.2 Å². The average Bonchev–Trinajstić information content (AvgIpc) is 3.39. The van der Waals surface area contributed by atoms with Gasteiger partial charge in [-0.05, 0) is 49.4 Å². The monoisotopic (exact) mass is 281 g/mol. The predicted octanol–water partition coefficient (Wildman–Crippen LogP) is 3.20. The van der Waals surface area contributed by atoms with E-state index in [9.17, 15) is 0 Å². The molecule has 2 aliphatic rings. The molecule has 1 saturated heterocycles. The van der Waals surface area contributed by atoms with Gasteiger partial charge in [-0.2, -0.15) is 0 Å². The highest BCUT2D eigenvalue weighted by Gasteiger charge is 2.36. The maximum absolute atomic E-state index is 4.43. The fourth-order valence-electron chi connectivity index (χ4n) is 3.56. The summed E-state index contributed by atoms with van der Waals surface area (Å²) in [5, 5.41) is 5.01. The molecule has 2 atom stereocenters. The van der Waals surface area contributed by atoms with Crippen LogP contribution in [-0.2, 0) is 0 Å². The lowest BCUT2D eigenvalue weighted by atomic mass is 10.0. The SMILES string of the molecule is CCC1CNC(C2CC2)CN1c1ccc2ncccc2c1. The van der Waals surface area contributed by atoms with Gasteiger partial charge in [0.25, 0.3) is 0 Å². The van der Waals surface area contributed by atoms with Gasteiger partial charge in [0.2, 0.25) is 0 Å². The molecule has 0 radical (unpaired) electrons. The molecule has 21 heavy (non-hydrogen) atoms. The summed E-state index contributed by atoms with van der Waals surface area (Å²) in [7, 11) is 0. The Kier molecular flexibility index (Phi) is 3.30. The number of nitrogens with one attached hydrogen (secondary N) is 1. The Morgan fingerprint density at radius 1 is 1.29 bits per heavy atom. The third kappa shape index (κ3) is 2.51. The maximum atomic E-state index is 4.43. The van der Waals surface area contributed by atoms with Crippen LogP contribution in [0.4, 0.5) is 5.69 Å². The van der Waals surface area contributed by atoms with Crippen molar-refractivity contribution in [2.45, 2.75) is 38.3 Å². The first-order valence-electron chi connectivity index (χ1n) is 8.20. The second-order valence-corrected chi connectivity index (χ2v) is 6.45. The maximum Gasteiger partial charge on any atom is 0.0703 e. The molecule has 3 nitrogen and oxygen atoms in total. The number of rotatable bonds is 3. The number of pyridine rings is 1. The zero-order chi connectivity index (χ0) is 14.2. The summed E-state index contributed by atoms with van der Waals surface area (Å²) in [6, 6.07) is 12.2. The Hall–Kier alpha value is -1.61. The molecule has 4 rings (SSSR count). The van der Waals surface area contributed by atoms with Crippen LogP contribution >= 0.6 is 0 Å². The Balaban J connectivity index is 1.66. The lowest BCUT2D eigenvalue weighted by molar-refractivity contribution is 0.360. The molecule has 1 aliphatic heterocycles. The third-order valence-electron chi connectivity index (χ3n) is 5.03. The molecule has 0 spiro atoms. The van der Waals surface area contributed by atoms with Crippen LogP contribution in [0.25, 0.3) is 10.9 Å². The minimum atomic E-state index is 0.606. The zero-order valence-corrected chi connectivity index (χ0v) is 12.6. The predicted molar refractivity (Wildman–Crippen MR) is 87.7 cm³/mol. The molecule has 2 aromatic rings. The molecule has 1 aromatic carbocycles. The molecular weight excluding hydrogens is 258 g/mol. The van der Waals surface area contributed by atoms with E-state index in [0.717, 1.165) is 24.5 Å². The van der Waals surface area contributed by atoms with E-state index in [-0.39, 0.29) is 0 Å². The fraction of sp³-hybridized carbons (Fsp3) is 0.500. The normalized spacial score (nSPS) is 26.2. The Morgan fingerprint density at radius 3 is 3.00 bits per heavy atom. The molecule has 2 unspecified atom stereocenters. The summed E-state index contributed by atoms with van der Waals surface area (Å²) < 4.78 is 0. The molecular formula is C18H23N3. The highest BCUT2D eigenvalue weighted by atomic mass is 15.2. The molecule has 2 fully saturated rings. The van der Waals surface area contributed by atoms with Crippen molar-refractivity contribution in [1.29, 1.82) is 0 Å². The van der Waals surface area contributed by atoms with E-state index in [1.54, 1.807) is 0 Å². The number of hydrogen-bond acceptors (Lipinski definition) is 3. The number of hydrogen-bond donors (Lipinski definition) is 1. The second kappa shape index (κ2) is 5.30. The number of nitrogens with zero attached hydrogens (tertiary/aromatic N) is 2. The van der Waals surface area contributed by atoms with Crippen LogP contribution in [0.3, 0.4) is 0 Å². The van der Waals surface area contributed by atoms with E-state index in [1.807, 2.05) is 12.3 Å². The van der Waals surface area contributed by atoms with E-state index in [2.05, 4.69) is 46.4 Å². The highest BCUT2D eigenvalue weighted by Crippen LogP contribution is 2.36. The summed E-state index contributed by atoms with van der Waals surface area (Å²) in [5.74, 6) is 0.910. The van der Waals surface area contributed by atoms with Crippen molar-refractivity contribution in [2.75, 3.05) is 18.0 Å². The van der Waals surface area contributed by atoms with Crippen molar-refractivity contribution >= 4 is 16.6 Å². The van der Waals surface area contributed by atoms with Crippen molar-refractivity contribution in [3.8, 4) is 0 Å². The largest absolute Gasteiger partial charge is 0.366 e. The number of benzene rings is 1. The molecule has 1 aliphatic carbocycles. The van der Waals surface area contributed by atoms with Crippen LogP contribution in [0.2, 0.25) is 0 Å². The Bertz CT molecular complexity index is 635. The average molecular weight is 281 g/mol. The molecule has 3 heteroatoms. The zero-order valence-electron chi connectivity index (χ0n) is 12.6. The smallest absolute Gasteiger partial charge is 0.0703 e. The molecule has 2 heterocycles. The van der Waals surface area contributed by atoms with Gasteiger partial charge in [-0.25, -0.2) is 0 Å². The quantitative estimate of drug-likeness (QED) is 0.936. The number of anilines is 1. The number of fused-ring (bicyclic) bond motifs is 1. The topological polar surface area (TPSA) is 28.2 Å². The Labute approximate surface area is 126 Å². The van der Waals surface area contributed by atoms with Gasteiger partial charge in [0.05, 0.1) is 5.52 Å². The minimum Gasteiger partial charge on any atom is -0.366 e. The van der Waals surface area contributed by atoms with Gasteiger partial charge in [-0.3, -0.25) is 4.98 Å². The summed E-state index contributed by atoms with van der Waals surface area (Å²) in [5.41, 5.74) is 2.44. The summed E-state index contributed by atoms with van der Waals surface area (Å²) in [4.78, 5) is 7.05. The molecule has 1 N–H and O–H groups in total. The first-order chi connectivity index (χ1) is 10.3. The van der Waals surface area contributed by atoms with E-state index in [0.29, 0.717) is 12.1 Å². The van der Waals surface area contributed by atoms with Crippen molar-refractivity contribution in [3.05, 3.63) is 36.5 Å². The van der Waals surface area contributed by atoms with E-state index in [4.69, 9.17) is 0 Å². The molecule has 110 valence electrons. The van der Waals surface area contributed by atoms with Crippen LogP contribution in [0.5, 0.6) is 0 Å². The number of piperazine rings is 1. The molecule has 0 amide bonds. The van der Waals surface area contributed by atoms with Gasteiger partial charge in [-0.15, -0.1) is 0 Å². The van der Waals surface area contributed by atoms with E-state index >= 15 is 0 Å². The Morgan fingerprint density at radius 2 is 2.19 bits per heavy atom. The van der Waals surface area contributed by atoms with Gasteiger partial charge in [-0.1, -0.05) is 13.0 Å². The standard InChI is InChI=1S/C18H23N3/c1-2-15-11-20-18(13-5-6-13)12-21(15)16-7-8-17-14(10-16)4-3-9-19-17/h3-4,7-10,13,15,18,20H,2,5-6,11-12H2,1H3. The lowest BCUT2D eigenvalue weighted by Crippen LogP contribution is -2.57. The van der Waals surface area contributed by atoms with Gasteiger partial charge in [0.1, 0.15) is 0 Å². The second-order valence-electron chi connectivity index (χ2n) is 6.45. The fourth-order valence-corrected chi connectivity index (χ4v) is 3.56. The molecule has 0 bridgehead atoms. The highest BCUT2D eigenvalue weighted by molar-refractivity contribution is 5.82. The van der Waals surface area contributed by atoms with Gasteiger partial charge in [0, 0.05) is 42.4 Å². The van der Waals surface area contributed by atoms with Crippen molar-refractivity contribution in [2.24, 2.45) is 5.92 Å². The van der Waals surface area contributed by atoms with Crippen molar-refractivity contribution in [3.63, 3.8) is 0 Å². The summed E-state index contributed by atoms with van der Waals surface area (Å²) in [6.45, 7) is 4.55. The first kappa shape index (κ1) is 13.1. The van der Waals surface area contributed by atoms with Gasteiger partial charge >= 0.3 is 0 Å². The van der Waals surface area contributed by atoms with Crippen LogP contribution in [0.15, 0.2) is 36.5 Å². The molecule has 1 aromatic heterocycles. The van der Waals surface area contributed by atoms with Crippen molar-refractivity contribution in [1.82, 2.24) is 10.3 Å². The van der Waals surface area contributed by atoms with Crippen LogP contribution < -0.4 is 10.2 Å². The van der Waals surface area contributed by atoms with Gasteiger partial charge in [0.15, 0.2) is 0 Å². The minimum absolute atomic E-state index is 0.606. The third-order valence-corrected chi connectivity index (χ3v) is 5.03. The van der Waals surface area contributed by atoms with E-state index in [1.165, 1.54) is 30.3 Å².